The minimum absolute atomic E-state index is 0.0219. The van der Waals surface area contributed by atoms with Crippen molar-refractivity contribution >= 4 is 27.0 Å². The van der Waals surface area contributed by atoms with Crippen molar-refractivity contribution in [2.45, 2.75) is 18.0 Å². The number of carbonyl (C=O) groups excluding carboxylic acids is 1. The number of aromatic nitrogens is 4. The van der Waals surface area contributed by atoms with Crippen LogP contribution in [0.25, 0.3) is 22.6 Å². The molecule has 0 aliphatic carbocycles. The van der Waals surface area contributed by atoms with Crippen LogP contribution in [-0.2, 0) is 23.1 Å². The molecule has 3 rings (SSSR count). The van der Waals surface area contributed by atoms with Gasteiger partial charge in [-0.2, -0.15) is 13.2 Å². The Kier molecular flexibility index (Phi) is 5.65. The molecule has 0 N–H and O–H groups in total. The number of aryl methyl sites for hydroxylation is 1. The number of halogens is 3. The number of alkyl halides is 3. The second kappa shape index (κ2) is 7.80. The molecule has 0 spiro atoms. The zero-order valence-electron chi connectivity index (χ0n) is 16.9. The van der Waals surface area contributed by atoms with Crippen molar-refractivity contribution in [2.24, 2.45) is 7.05 Å². The highest BCUT2D eigenvalue weighted by Crippen LogP contribution is 2.33. The summed E-state index contributed by atoms with van der Waals surface area (Å²) in [4.78, 5) is 24.4. The second-order valence-electron chi connectivity index (χ2n) is 6.73. The molecular formula is C18H18F3N5O4S. The number of carbonyl (C=O) groups is 1. The molecule has 0 saturated heterocycles. The van der Waals surface area contributed by atoms with Crippen LogP contribution in [0.15, 0.2) is 29.4 Å². The van der Waals surface area contributed by atoms with Gasteiger partial charge in [0.25, 0.3) is 0 Å². The van der Waals surface area contributed by atoms with E-state index in [9.17, 15) is 26.4 Å². The number of nitrogens with zero attached hydrogens (tertiary/aromatic N) is 5. The van der Waals surface area contributed by atoms with E-state index in [2.05, 4.69) is 15.0 Å². The molecule has 0 fully saturated rings. The number of pyridine rings is 2. The van der Waals surface area contributed by atoms with E-state index < -0.39 is 27.8 Å². The first-order chi connectivity index (χ1) is 14.3. The van der Waals surface area contributed by atoms with Crippen molar-refractivity contribution in [2.75, 3.05) is 19.8 Å². The van der Waals surface area contributed by atoms with Crippen LogP contribution < -0.4 is 4.74 Å². The highest BCUT2D eigenvalue weighted by Gasteiger charge is 2.33. The van der Waals surface area contributed by atoms with Gasteiger partial charge >= 0.3 is 12.3 Å². The molecule has 31 heavy (non-hydrogen) atoms. The molecule has 0 saturated carbocycles. The van der Waals surface area contributed by atoms with Gasteiger partial charge < -0.3 is 14.2 Å². The van der Waals surface area contributed by atoms with Gasteiger partial charge in [-0.25, -0.2) is 28.2 Å². The van der Waals surface area contributed by atoms with E-state index in [0.29, 0.717) is 0 Å². The summed E-state index contributed by atoms with van der Waals surface area (Å²) in [5, 5.41) is 0. The molecule has 3 aromatic heterocycles. The van der Waals surface area contributed by atoms with Crippen molar-refractivity contribution < 1.29 is 31.1 Å². The fourth-order valence-corrected chi connectivity index (χ4v) is 3.74. The quantitative estimate of drug-likeness (QED) is 0.593. The molecule has 13 heteroatoms. The van der Waals surface area contributed by atoms with E-state index in [1.807, 2.05) is 0 Å². The van der Waals surface area contributed by atoms with Crippen molar-refractivity contribution in [3.8, 4) is 17.3 Å². The third-order valence-electron chi connectivity index (χ3n) is 4.38. The molecule has 166 valence electrons. The van der Waals surface area contributed by atoms with E-state index in [1.165, 1.54) is 32.6 Å². The van der Waals surface area contributed by atoms with Crippen molar-refractivity contribution in [3.05, 3.63) is 30.2 Å². The number of ether oxygens (including phenoxy) is 1. The Bertz CT molecular complexity index is 1270. The highest BCUT2D eigenvalue weighted by atomic mass is 32.2. The summed E-state index contributed by atoms with van der Waals surface area (Å²) >= 11 is 0. The number of rotatable bonds is 4. The highest BCUT2D eigenvalue weighted by molar-refractivity contribution is 7.91. The second-order valence-corrected chi connectivity index (χ2v) is 8.98. The zero-order chi connectivity index (χ0) is 23.1. The number of imidazole rings is 1. The zero-order valence-corrected chi connectivity index (χ0v) is 17.7. The molecule has 0 aliphatic heterocycles. The van der Waals surface area contributed by atoms with E-state index >= 15 is 0 Å². The van der Waals surface area contributed by atoms with Gasteiger partial charge in [0, 0.05) is 27.2 Å². The Morgan fingerprint density at radius 3 is 2.45 bits per heavy atom. The first kappa shape index (κ1) is 22.5. The topological polar surface area (TPSA) is 107 Å². The van der Waals surface area contributed by atoms with Gasteiger partial charge in [0.1, 0.15) is 16.3 Å². The number of sulfone groups is 1. The Morgan fingerprint density at radius 2 is 1.87 bits per heavy atom. The Hall–Kier alpha value is -3.22. The smallest absolute Gasteiger partial charge is 0.409 e. The summed E-state index contributed by atoms with van der Waals surface area (Å²) in [7, 11) is 0.556. The van der Waals surface area contributed by atoms with Gasteiger partial charge in [-0.1, -0.05) is 6.92 Å². The summed E-state index contributed by atoms with van der Waals surface area (Å²) in [6, 6.07) is 1.92. The van der Waals surface area contributed by atoms with Crippen molar-refractivity contribution in [1.82, 2.24) is 24.4 Å². The summed E-state index contributed by atoms with van der Waals surface area (Å²) in [5.41, 5.74) is -0.971. The van der Waals surface area contributed by atoms with Crippen LogP contribution in [0.4, 0.5) is 18.0 Å². The molecule has 0 atom stereocenters. The molecule has 0 bridgehead atoms. The first-order valence-electron chi connectivity index (χ1n) is 8.87. The van der Waals surface area contributed by atoms with Gasteiger partial charge in [0.2, 0.25) is 0 Å². The molecule has 0 unspecified atom stereocenters. The maximum atomic E-state index is 13.0. The molecule has 3 aromatic rings. The summed E-state index contributed by atoms with van der Waals surface area (Å²) in [5.74, 6) is -0.362. The predicted molar refractivity (Wildman–Crippen MR) is 104 cm³/mol. The summed E-state index contributed by atoms with van der Waals surface area (Å²) in [6.45, 7) is 1.42. The van der Waals surface area contributed by atoms with E-state index in [0.717, 1.165) is 29.4 Å². The standard InChI is InChI=1S/C18H18F3N5O4S/c1-5-31(28,29)13-6-10(30-17(27)25(2)3)8-23-15(13)16-24-11-7-14(18(19,20)21)22-9-12(11)26(16)4/h6-9H,5H2,1-4H3. The Balaban J connectivity index is 2.20. The van der Waals surface area contributed by atoms with Crippen LogP contribution >= 0.6 is 0 Å². The lowest BCUT2D eigenvalue weighted by molar-refractivity contribution is -0.141. The Labute approximate surface area is 175 Å². The lowest BCUT2D eigenvalue weighted by Gasteiger charge is -2.13. The van der Waals surface area contributed by atoms with Gasteiger partial charge in [-0.05, 0) is 6.07 Å². The Morgan fingerprint density at radius 1 is 1.19 bits per heavy atom. The number of amides is 1. The minimum Gasteiger partial charge on any atom is -0.409 e. The largest absolute Gasteiger partial charge is 0.433 e. The fraction of sp³-hybridized carbons (Fsp3) is 0.333. The third kappa shape index (κ3) is 4.31. The molecule has 0 radical (unpaired) electrons. The van der Waals surface area contributed by atoms with Crippen LogP contribution in [-0.4, -0.2) is 58.8 Å². The van der Waals surface area contributed by atoms with Crippen molar-refractivity contribution in [3.63, 3.8) is 0 Å². The summed E-state index contributed by atoms with van der Waals surface area (Å²) in [6.07, 6.45) is -3.23. The first-order valence-corrected chi connectivity index (χ1v) is 10.5. The van der Waals surface area contributed by atoms with Gasteiger partial charge in [-0.15, -0.1) is 0 Å². The number of hydrogen-bond donors (Lipinski definition) is 0. The third-order valence-corrected chi connectivity index (χ3v) is 6.12. The van der Waals surface area contributed by atoms with Gasteiger partial charge in [-0.3, -0.25) is 0 Å². The normalized spacial score (nSPS) is 12.2. The molecular weight excluding hydrogens is 439 g/mol. The van der Waals surface area contributed by atoms with Gasteiger partial charge in [0.15, 0.2) is 21.4 Å². The molecule has 0 aromatic carbocycles. The average Bonchev–Trinajstić information content (AvgIpc) is 3.03. The molecule has 0 aliphatic rings. The molecule has 1 amide bonds. The SMILES string of the molecule is CCS(=O)(=O)c1cc(OC(=O)N(C)C)cnc1-c1nc2cc(C(F)(F)F)ncc2n1C. The number of fused-ring (bicyclic) bond motifs is 1. The van der Waals surface area contributed by atoms with Crippen LogP contribution in [0.1, 0.15) is 12.6 Å². The van der Waals surface area contributed by atoms with Gasteiger partial charge in [0.05, 0.1) is 29.2 Å². The lowest BCUT2D eigenvalue weighted by Crippen LogP contribution is -2.25. The lowest BCUT2D eigenvalue weighted by atomic mass is 10.3. The minimum atomic E-state index is -4.65. The average molecular weight is 457 g/mol. The maximum Gasteiger partial charge on any atom is 0.433 e. The van der Waals surface area contributed by atoms with Crippen LogP contribution in [0.2, 0.25) is 0 Å². The van der Waals surface area contributed by atoms with E-state index in [4.69, 9.17) is 4.74 Å². The van der Waals surface area contributed by atoms with E-state index in [1.54, 1.807) is 0 Å². The maximum absolute atomic E-state index is 13.0. The van der Waals surface area contributed by atoms with Crippen LogP contribution in [0, 0.1) is 0 Å². The van der Waals surface area contributed by atoms with Crippen LogP contribution in [0.3, 0.4) is 0 Å². The summed E-state index contributed by atoms with van der Waals surface area (Å²) < 4.78 is 70.8. The number of hydrogen-bond acceptors (Lipinski definition) is 7. The molecule has 9 nitrogen and oxygen atoms in total. The van der Waals surface area contributed by atoms with Crippen molar-refractivity contribution in [1.29, 1.82) is 0 Å². The fourth-order valence-electron chi connectivity index (χ4n) is 2.69. The molecule has 3 heterocycles. The monoisotopic (exact) mass is 457 g/mol. The predicted octanol–water partition coefficient (Wildman–Crippen LogP) is 2.90. The van der Waals surface area contributed by atoms with Crippen LogP contribution in [0.5, 0.6) is 5.75 Å². The van der Waals surface area contributed by atoms with E-state index in [-0.39, 0.29) is 38.9 Å².